The Bertz CT molecular complexity index is 185. The molecule has 0 bridgehead atoms. The molecule has 0 aromatic rings. The first-order chi connectivity index (χ1) is 5.00. The lowest BCUT2D eigenvalue weighted by Gasteiger charge is -2.23. The molecule has 0 aliphatic heterocycles. The minimum Gasteiger partial charge on any atom is -0.368 e. The summed E-state index contributed by atoms with van der Waals surface area (Å²) in [5.41, 5.74) is 5.04. The van der Waals surface area contributed by atoms with E-state index in [0.717, 1.165) is 0 Å². The molecule has 0 heterocycles. The van der Waals surface area contributed by atoms with Crippen molar-refractivity contribution >= 4 is 5.91 Å². The van der Waals surface area contributed by atoms with Gasteiger partial charge in [-0.1, -0.05) is 0 Å². The predicted molar refractivity (Wildman–Crippen MR) is 41.5 cm³/mol. The van der Waals surface area contributed by atoms with Crippen molar-refractivity contribution in [3.05, 3.63) is 0 Å². The Morgan fingerprint density at radius 1 is 1.64 bits per heavy atom. The number of nitriles is 1. The van der Waals surface area contributed by atoms with Crippen LogP contribution >= 0.6 is 0 Å². The van der Waals surface area contributed by atoms with Gasteiger partial charge in [-0.3, -0.25) is 9.69 Å². The Labute approximate surface area is 66.6 Å². The number of nitrogens with zero attached hydrogens (tertiary/aromatic N) is 2. The predicted octanol–water partition coefficient (Wildman–Crippen LogP) is -0.296. The SMILES string of the molecule is CC(C#N)N(C)C(C)C(N)=O. The quantitative estimate of drug-likeness (QED) is 0.608. The summed E-state index contributed by atoms with van der Waals surface area (Å²) in [6.45, 7) is 3.40. The molecule has 0 aliphatic rings. The summed E-state index contributed by atoms with van der Waals surface area (Å²) in [4.78, 5) is 12.3. The number of carbonyl (C=O) groups excluding carboxylic acids is 1. The zero-order valence-corrected chi connectivity index (χ0v) is 7.03. The van der Waals surface area contributed by atoms with Gasteiger partial charge in [-0.25, -0.2) is 0 Å². The highest BCUT2D eigenvalue weighted by atomic mass is 16.1. The minimum absolute atomic E-state index is 0.280. The maximum atomic E-state index is 10.6. The van der Waals surface area contributed by atoms with E-state index < -0.39 is 5.91 Å². The van der Waals surface area contributed by atoms with E-state index in [1.54, 1.807) is 25.8 Å². The summed E-state index contributed by atoms with van der Waals surface area (Å²) in [6.07, 6.45) is 0. The Hall–Kier alpha value is -1.08. The molecule has 62 valence electrons. The van der Waals surface area contributed by atoms with Gasteiger partial charge in [0.15, 0.2) is 0 Å². The number of nitrogens with two attached hydrogens (primary N) is 1. The molecule has 0 rings (SSSR count). The second-order valence-electron chi connectivity index (χ2n) is 2.55. The van der Waals surface area contributed by atoms with Crippen LogP contribution in [0.4, 0.5) is 0 Å². The summed E-state index contributed by atoms with van der Waals surface area (Å²) in [7, 11) is 1.70. The lowest BCUT2D eigenvalue weighted by Crippen LogP contribution is -2.44. The molecule has 0 saturated heterocycles. The number of rotatable bonds is 3. The van der Waals surface area contributed by atoms with Crippen molar-refractivity contribution in [1.82, 2.24) is 4.90 Å². The molecule has 0 aromatic carbocycles. The van der Waals surface area contributed by atoms with Crippen LogP contribution in [0.25, 0.3) is 0 Å². The van der Waals surface area contributed by atoms with Crippen molar-refractivity contribution in [2.75, 3.05) is 7.05 Å². The highest BCUT2D eigenvalue weighted by Gasteiger charge is 2.18. The highest BCUT2D eigenvalue weighted by Crippen LogP contribution is 1.99. The van der Waals surface area contributed by atoms with Crippen molar-refractivity contribution in [2.45, 2.75) is 25.9 Å². The maximum absolute atomic E-state index is 10.6. The van der Waals surface area contributed by atoms with Crippen LogP contribution in [-0.2, 0) is 4.79 Å². The lowest BCUT2D eigenvalue weighted by molar-refractivity contribution is -0.122. The molecule has 0 radical (unpaired) electrons. The molecule has 4 heteroatoms. The van der Waals surface area contributed by atoms with Crippen LogP contribution in [0.3, 0.4) is 0 Å². The Morgan fingerprint density at radius 3 is 2.36 bits per heavy atom. The van der Waals surface area contributed by atoms with E-state index in [9.17, 15) is 4.79 Å². The topological polar surface area (TPSA) is 70.1 Å². The van der Waals surface area contributed by atoms with Gasteiger partial charge in [0.1, 0.15) is 0 Å². The number of likely N-dealkylation sites (N-methyl/N-ethyl adjacent to an activating group) is 1. The fourth-order valence-electron chi connectivity index (χ4n) is 0.627. The standard InChI is InChI=1S/C7H13N3O/c1-5(4-8)10(3)6(2)7(9)11/h5-6H,1-3H3,(H2,9,11). The fourth-order valence-corrected chi connectivity index (χ4v) is 0.627. The molecule has 0 spiro atoms. The van der Waals surface area contributed by atoms with Crippen LogP contribution in [-0.4, -0.2) is 29.9 Å². The van der Waals surface area contributed by atoms with Crippen LogP contribution in [0.15, 0.2) is 0 Å². The third-order valence-corrected chi connectivity index (χ3v) is 1.82. The first kappa shape index (κ1) is 9.92. The van der Waals surface area contributed by atoms with Crippen LogP contribution in [0, 0.1) is 11.3 Å². The third-order valence-electron chi connectivity index (χ3n) is 1.82. The van der Waals surface area contributed by atoms with Gasteiger partial charge in [0.25, 0.3) is 0 Å². The van der Waals surface area contributed by atoms with E-state index >= 15 is 0 Å². The molecule has 0 saturated carbocycles. The van der Waals surface area contributed by atoms with Crippen molar-refractivity contribution in [3.63, 3.8) is 0 Å². The van der Waals surface area contributed by atoms with Gasteiger partial charge in [0.2, 0.25) is 5.91 Å². The van der Waals surface area contributed by atoms with Crippen LogP contribution in [0.5, 0.6) is 0 Å². The van der Waals surface area contributed by atoms with Crippen molar-refractivity contribution < 1.29 is 4.79 Å². The summed E-state index contributed by atoms with van der Waals surface area (Å²) < 4.78 is 0. The molecular formula is C7H13N3O. The Kier molecular flexibility index (Phi) is 3.55. The van der Waals surface area contributed by atoms with Gasteiger partial charge in [-0.15, -0.1) is 0 Å². The summed E-state index contributed by atoms with van der Waals surface area (Å²) in [6, 6.07) is 1.35. The average Bonchev–Trinajstić information content (AvgIpc) is 2.00. The molecule has 0 aliphatic carbocycles. The number of amides is 1. The van der Waals surface area contributed by atoms with Gasteiger partial charge >= 0.3 is 0 Å². The van der Waals surface area contributed by atoms with E-state index in [4.69, 9.17) is 11.0 Å². The monoisotopic (exact) mass is 155 g/mol. The molecule has 0 aromatic heterocycles. The van der Waals surface area contributed by atoms with Crippen LogP contribution in [0.1, 0.15) is 13.8 Å². The highest BCUT2D eigenvalue weighted by molar-refractivity contribution is 5.79. The molecule has 2 atom stereocenters. The van der Waals surface area contributed by atoms with Gasteiger partial charge in [0.05, 0.1) is 18.2 Å². The van der Waals surface area contributed by atoms with E-state index in [-0.39, 0.29) is 12.1 Å². The second kappa shape index (κ2) is 3.94. The van der Waals surface area contributed by atoms with E-state index in [0.29, 0.717) is 0 Å². The largest absolute Gasteiger partial charge is 0.368 e. The minimum atomic E-state index is -0.408. The molecule has 4 nitrogen and oxygen atoms in total. The maximum Gasteiger partial charge on any atom is 0.234 e. The van der Waals surface area contributed by atoms with E-state index in [2.05, 4.69) is 0 Å². The zero-order chi connectivity index (χ0) is 9.02. The van der Waals surface area contributed by atoms with Gasteiger partial charge in [-0.2, -0.15) is 5.26 Å². The first-order valence-electron chi connectivity index (χ1n) is 3.41. The smallest absolute Gasteiger partial charge is 0.234 e. The van der Waals surface area contributed by atoms with Gasteiger partial charge in [-0.05, 0) is 20.9 Å². The summed E-state index contributed by atoms with van der Waals surface area (Å²) in [5, 5.41) is 8.49. The number of carbonyl (C=O) groups is 1. The van der Waals surface area contributed by atoms with E-state index in [1.165, 1.54) is 0 Å². The lowest BCUT2D eigenvalue weighted by atomic mass is 10.2. The van der Waals surface area contributed by atoms with Gasteiger partial charge < -0.3 is 5.73 Å². The van der Waals surface area contributed by atoms with Crippen molar-refractivity contribution in [1.29, 1.82) is 5.26 Å². The Balaban J connectivity index is 4.15. The fraction of sp³-hybridized carbons (Fsp3) is 0.714. The van der Waals surface area contributed by atoms with Crippen molar-refractivity contribution in [3.8, 4) is 6.07 Å². The van der Waals surface area contributed by atoms with Crippen LogP contribution in [0.2, 0.25) is 0 Å². The van der Waals surface area contributed by atoms with Crippen LogP contribution < -0.4 is 5.73 Å². The molecule has 1 amide bonds. The average molecular weight is 155 g/mol. The number of primary amides is 1. The summed E-state index contributed by atoms with van der Waals surface area (Å²) >= 11 is 0. The van der Waals surface area contributed by atoms with Gasteiger partial charge in [0, 0.05) is 0 Å². The molecule has 2 unspecified atom stereocenters. The zero-order valence-electron chi connectivity index (χ0n) is 7.03. The molecule has 0 fully saturated rings. The third kappa shape index (κ3) is 2.56. The number of hydrogen-bond donors (Lipinski definition) is 1. The summed E-state index contributed by atoms with van der Waals surface area (Å²) in [5.74, 6) is -0.408. The molecular weight excluding hydrogens is 142 g/mol. The number of hydrogen-bond acceptors (Lipinski definition) is 3. The van der Waals surface area contributed by atoms with E-state index in [1.807, 2.05) is 6.07 Å². The molecule has 11 heavy (non-hydrogen) atoms. The van der Waals surface area contributed by atoms with Crippen molar-refractivity contribution in [2.24, 2.45) is 5.73 Å². The first-order valence-corrected chi connectivity index (χ1v) is 3.41. The normalized spacial score (nSPS) is 15.5. The Morgan fingerprint density at radius 2 is 2.09 bits per heavy atom. The molecule has 2 N–H and O–H groups in total. The second-order valence-corrected chi connectivity index (χ2v) is 2.55.